The van der Waals surface area contributed by atoms with Gasteiger partial charge in [0.05, 0.1) is 28.7 Å². The molecule has 0 spiro atoms. The summed E-state index contributed by atoms with van der Waals surface area (Å²) >= 11 is 6.38. The minimum atomic E-state index is 0.00847. The van der Waals surface area contributed by atoms with E-state index in [0.29, 0.717) is 45.5 Å². The fourth-order valence-corrected chi connectivity index (χ4v) is 3.12. The smallest absolute Gasteiger partial charge is 0.173 e. The van der Waals surface area contributed by atoms with E-state index >= 15 is 0 Å². The van der Waals surface area contributed by atoms with Crippen LogP contribution in [-0.2, 0) is 6.61 Å². The molecule has 0 saturated carbocycles. The van der Waals surface area contributed by atoms with E-state index in [0.717, 1.165) is 5.69 Å². The fraction of sp³-hybridized carbons (Fsp3) is 0.0952. The van der Waals surface area contributed by atoms with E-state index in [-0.39, 0.29) is 5.75 Å². The molecule has 2 aromatic heterocycles. The standard InChI is InChI=1S/C21H17ClN4O3/c1-28-20-17(27)7-6-16-19(20)21(25-12-24-16)26-13-5-8-18(15(22)10-13)29-11-14-4-2-3-9-23-14/h2-10,12,27H,11H2,1H3,(H,24,25,26). The first-order valence-electron chi connectivity index (χ1n) is 8.75. The number of rotatable bonds is 6. The summed E-state index contributed by atoms with van der Waals surface area (Å²) < 4.78 is 11.1. The molecule has 2 aromatic carbocycles. The molecule has 4 rings (SSSR count). The molecule has 8 heteroatoms. The highest BCUT2D eigenvalue weighted by atomic mass is 35.5. The molecule has 0 amide bonds. The van der Waals surface area contributed by atoms with Gasteiger partial charge in [-0.1, -0.05) is 17.7 Å². The third-order valence-electron chi connectivity index (χ3n) is 4.24. The number of nitrogens with one attached hydrogen (secondary N) is 1. The summed E-state index contributed by atoms with van der Waals surface area (Å²) in [6.45, 7) is 0.320. The molecular weight excluding hydrogens is 392 g/mol. The number of halogens is 1. The van der Waals surface area contributed by atoms with Gasteiger partial charge in [-0.15, -0.1) is 0 Å². The number of fused-ring (bicyclic) bond motifs is 1. The van der Waals surface area contributed by atoms with Crippen LogP contribution in [0.3, 0.4) is 0 Å². The van der Waals surface area contributed by atoms with E-state index in [2.05, 4.69) is 20.3 Å². The van der Waals surface area contributed by atoms with Crippen molar-refractivity contribution in [1.29, 1.82) is 0 Å². The predicted molar refractivity (Wildman–Crippen MR) is 111 cm³/mol. The third kappa shape index (κ3) is 4.00. The number of phenolic OH excluding ortho intramolecular Hbond substituents is 1. The summed E-state index contributed by atoms with van der Waals surface area (Å²) in [7, 11) is 1.48. The van der Waals surface area contributed by atoms with Crippen LogP contribution in [-0.4, -0.2) is 27.2 Å². The Hall–Kier alpha value is -3.58. The summed E-state index contributed by atoms with van der Waals surface area (Å²) in [4.78, 5) is 12.7. The first kappa shape index (κ1) is 18.8. The van der Waals surface area contributed by atoms with Gasteiger partial charge in [-0.3, -0.25) is 4.98 Å². The molecule has 2 heterocycles. The number of hydrogen-bond acceptors (Lipinski definition) is 7. The molecule has 0 aliphatic heterocycles. The molecule has 29 heavy (non-hydrogen) atoms. The van der Waals surface area contributed by atoms with Crippen LogP contribution in [0.15, 0.2) is 61.1 Å². The third-order valence-corrected chi connectivity index (χ3v) is 4.53. The molecule has 2 N–H and O–H groups in total. The van der Waals surface area contributed by atoms with Gasteiger partial charge in [0.1, 0.15) is 24.5 Å². The van der Waals surface area contributed by atoms with Gasteiger partial charge in [-0.2, -0.15) is 0 Å². The van der Waals surface area contributed by atoms with Crippen molar-refractivity contribution < 1.29 is 14.6 Å². The van der Waals surface area contributed by atoms with E-state index in [1.165, 1.54) is 19.5 Å². The van der Waals surface area contributed by atoms with E-state index in [9.17, 15) is 5.11 Å². The Balaban J connectivity index is 1.59. The Morgan fingerprint density at radius 2 is 1.97 bits per heavy atom. The van der Waals surface area contributed by atoms with Crippen molar-refractivity contribution >= 4 is 34.0 Å². The molecule has 0 bridgehead atoms. The lowest BCUT2D eigenvalue weighted by Gasteiger charge is -2.13. The molecule has 0 atom stereocenters. The van der Waals surface area contributed by atoms with Gasteiger partial charge in [0, 0.05) is 11.9 Å². The Labute approximate surface area is 171 Å². The Morgan fingerprint density at radius 1 is 1.07 bits per heavy atom. The van der Waals surface area contributed by atoms with Gasteiger partial charge in [-0.25, -0.2) is 9.97 Å². The van der Waals surface area contributed by atoms with Crippen LogP contribution in [0.4, 0.5) is 11.5 Å². The van der Waals surface area contributed by atoms with Crippen LogP contribution in [0, 0.1) is 0 Å². The van der Waals surface area contributed by atoms with Crippen LogP contribution in [0.5, 0.6) is 17.2 Å². The molecule has 7 nitrogen and oxygen atoms in total. The van der Waals surface area contributed by atoms with Crippen LogP contribution < -0.4 is 14.8 Å². The molecule has 0 radical (unpaired) electrons. The second-order valence-electron chi connectivity index (χ2n) is 6.11. The summed E-state index contributed by atoms with van der Waals surface area (Å²) in [5.74, 6) is 1.34. The zero-order valence-corrected chi connectivity index (χ0v) is 16.2. The van der Waals surface area contributed by atoms with E-state index < -0.39 is 0 Å². The second kappa shape index (κ2) is 8.20. The number of hydrogen-bond donors (Lipinski definition) is 2. The maximum Gasteiger partial charge on any atom is 0.173 e. The first-order valence-corrected chi connectivity index (χ1v) is 9.13. The number of benzene rings is 2. The lowest BCUT2D eigenvalue weighted by molar-refractivity contribution is 0.301. The highest BCUT2D eigenvalue weighted by molar-refractivity contribution is 6.32. The van der Waals surface area contributed by atoms with Crippen molar-refractivity contribution in [3.8, 4) is 17.2 Å². The van der Waals surface area contributed by atoms with Crippen molar-refractivity contribution in [2.45, 2.75) is 6.61 Å². The number of aromatic hydroxyl groups is 1. The highest BCUT2D eigenvalue weighted by Gasteiger charge is 2.14. The lowest BCUT2D eigenvalue weighted by atomic mass is 10.2. The number of phenols is 1. The highest BCUT2D eigenvalue weighted by Crippen LogP contribution is 2.38. The summed E-state index contributed by atoms with van der Waals surface area (Å²) in [5.41, 5.74) is 2.15. The van der Waals surface area contributed by atoms with Crippen molar-refractivity contribution in [1.82, 2.24) is 15.0 Å². The first-order chi connectivity index (χ1) is 14.2. The second-order valence-corrected chi connectivity index (χ2v) is 6.52. The van der Waals surface area contributed by atoms with Gasteiger partial charge in [0.25, 0.3) is 0 Å². The number of aromatic nitrogens is 3. The molecule has 4 aromatic rings. The number of nitrogens with zero attached hydrogens (tertiary/aromatic N) is 3. The Morgan fingerprint density at radius 3 is 2.72 bits per heavy atom. The Bertz CT molecular complexity index is 1160. The Kier molecular flexibility index (Phi) is 5.31. The number of ether oxygens (including phenoxy) is 2. The zero-order valence-electron chi connectivity index (χ0n) is 15.5. The molecule has 146 valence electrons. The van der Waals surface area contributed by atoms with Crippen molar-refractivity contribution in [2.24, 2.45) is 0 Å². The van der Waals surface area contributed by atoms with Gasteiger partial charge >= 0.3 is 0 Å². The normalized spacial score (nSPS) is 10.7. The monoisotopic (exact) mass is 408 g/mol. The van der Waals surface area contributed by atoms with E-state index in [1.807, 2.05) is 24.3 Å². The minimum Gasteiger partial charge on any atom is -0.504 e. The predicted octanol–water partition coefficient (Wildman–Crippen LogP) is 4.72. The quantitative estimate of drug-likeness (QED) is 0.477. The van der Waals surface area contributed by atoms with Crippen LogP contribution in [0.25, 0.3) is 10.9 Å². The average molecular weight is 409 g/mol. The molecule has 0 unspecified atom stereocenters. The minimum absolute atomic E-state index is 0.00847. The summed E-state index contributed by atoms with van der Waals surface area (Å²) in [6, 6.07) is 14.2. The number of anilines is 2. The van der Waals surface area contributed by atoms with Crippen LogP contribution in [0.1, 0.15) is 5.69 Å². The van der Waals surface area contributed by atoms with E-state index in [1.54, 1.807) is 24.4 Å². The van der Waals surface area contributed by atoms with Crippen LogP contribution >= 0.6 is 11.6 Å². The van der Waals surface area contributed by atoms with Gasteiger partial charge in [-0.05, 0) is 42.5 Å². The van der Waals surface area contributed by atoms with Gasteiger partial charge < -0.3 is 19.9 Å². The number of pyridine rings is 1. The molecule has 0 aliphatic rings. The van der Waals surface area contributed by atoms with Crippen LogP contribution in [0.2, 0.25) is 5.02 Å². The SMILES string of the molecule is COc1c(O)ccc2ncnc(Nc3ccc(OCc4ccccn4)c(Cl)c3)c12. The molecule has 0 fully saturated rings. The maximum absolute atomic E-state index is 10.1. The van der Waals surface area contributed by atoms with E-state index in [4.69, 9.17) is 21.1 Å². The van der Waals surface area contributed by atoms with Crippen molar-refractivity contribution in [2.75, 3.05) is 12.4 Å². The van der Waals surface area contributed by atoms with Gasteiger partial charge in [0.2, 0.25) is 0 Å². The molecular formula is C21H17ClN4O3. The lowest BCUT2D eigenvalue weighted by Crippen LogP contribution is -2.00. The fourth-order valence-electron chi connectivity index (χ4n) is 2.88. The summed E-state index contributed by atoms with van der Waals surface area (Å²) in [6.07, 6.45) is 3.15. The maximum atomic E-state index is 10.1. The average Bonchev–Trinajstić information content (AvgIpc) is 2.74. The van der Waals surface area contributed by atoms with Crippen molar-refractivity contribution in [3.63, 3.8) is 0 Å². The molecule has 0 saturated heterocycles. The van der Waals surface area contributed by atoms with Crippen molar-refractivity contribution in [3.05, 3.63) is 71.8 Å². The zero-order chi connectivity index (χ0) is 20.2. The van der Waals surface area contributed by atoms with Gasteiger partial charge in [0.15, 0.2) is 11.5 Å². The number of methoxy groups -OCH3 is 1. The topological polar surface area (TPSA) is 89.4 Å². The molecule has 0 aliphatic carbocycles. The largest absolute Gasteiger partial charge is 0.504 e. The summed E-state index contributed by atoms with van der Waals surface area (Å²) in [5, 5.41) is 14.3.